The third kappa shape index (κ3) is 2.57. The summed E-state index contributed by atoms with van der Waals surface area (Å²) in [5.41, 5.74) is 4.75. The quantitative estimate of drug-likeness (QED) is 0.919. The fourth-order valence-electron chi connectivity index (χ4n) is 2.08. The van der Waals surface area contributed by atoms with Crippen molar-refractivity contribution in [2.45, 2.75) is 20.4 Å². The molecule has 0 aliphatic heterocycles. The van der Waals surface area contributed by atoms with Crippen LogP contribution in [0, 0.1) is 13.8 Å². The number of benzene rings is 1. The normalized spacial score (nSPS) is 10.9. The molecule has 0 amide bonds. The predicted molar refractivity (Wildman–Crippen MR) is 76.1 cm³/mol. The zero-order valence-corrected chi connectivity index (χ0v) is 11.8. The Morgan fingerprint density at radius 2 is 2.06 bits per heavy atom. The number of halogens is 1. The van der Waals surface area contributed by atoms with Crippen LogP contribution in [0.25, 0.3) is 11.1 Å². The van der Waals surface area contributed by atoms with Crippen LogP contribution in [0.3, 0.4) is 0 Å². The van der Waals surface area contributed by atoms with Gasteiger partial charge >= 0.3 is 0 Å². The highest BCUT2D eigenvalue weighted by atomic mass is 35.5. The highest BCUT2D eigenvalue weighted by Gasteiger charge is 2.10. The van der Waals surface area contributed by atoms with Gasteiger partial charge in [0.25, 0.3) is 0 Å². The SMILES string of the molecule is CNCCn1ncc(-c2ccc(Cl)cc2C)c1C. The van der Waals surface area contributed by atoms with E-state index in [2.05, 4.69) is 30.3 Å². The van der Waals surface area contributed by atoms with E-state index < -0.39 is 0 Å². The number of rotatable bonds is 4. The molecule has 18 heavy (non-hydrogen) atoms. The molecule has 0 spiro atoms. The molecule has 0 unspecified atom stereocenters. The van der Waals surface area contributed by atoms with Crippen LogP contribution in [0.5, 0.6) is 0 Å². The third-order valence-electron chi connectivity index (χ3n) is 3.16. The van der Waals surface area contributed by atoms with Gasteiger partial charge in [0.2, 0.25) is 0 Å². The highest BCUT2D eigenvalue weighted by molar-refractivity contribution is 6.30. The predicted octanol–water partition coefficient (Wildman–Crippen LogP) is 3.04. The number of nitrogens with zero attached hydrogens (tertiary/aromatic N) is 2. The molecule has 0 atom stereocenters. The van der Waals surface area contributed by atoms with Crippen molar-refractivity contribution < 1.29 is 0 Å². The molecular weight excluding hydrogens is 246 g/mol. The molecule has 4 heteroatoms. The standard InChI is InChI=1S/C14H18ClN3/c1-10-8-12(15)4-5-13(10)14-9-17-18(11(14)2)7-6-16-3/h4-5,8-9,16H,6-7H2,1-3H3. The van der Waals surface area contributed by atoms with Crippen LogP contribution in [-0.2, 0) is 6.54 Å². The topological polar surface area (TPSA) is 29.9 Å². The Morgan fingerprint density at radius 1 is 1.28 bits per heavy atom. The lowest BCUT2D eigenvalue weighted by Crippen LogP contribution is -2.16. The second-order valence-electron chi connectivity index (χ2n) is 4.43. The summed E-state index contributed by atoms with van der Waals surface area (Å²) >= 11 is 5.99. The van der Waals surface area contributed by atoms with E-state index in [1.54, 1.807) is 0 Å². The van der Waals surface area contributed by atoms with Gasteiger partial charge in [-0.3, -0.25) is 4.68 Å². The molecule has 2 aromatic rings. The number of hydrogen-bond acceptors (Lipinski definition) is 2. The van der Waals surface area contributed by atoms with Crippen molar-refractivity contribution in [2.75, 3.05) is 13.6 Å². The molecule has 0 saturated heterocycles. The van der Waals surface area contributed by atoms with Crippen molar-refractivity contribution in [2.24, 2.45) is 0 Å². The van der Waals surface area contributed by atoms with Gasteiger partial charge in [-0.1, -0.05) is 17.7 Å². The van der Waals surface area contributed by atoms with Gasteiger partial charge in [-0.25, -0.2) is 0 Å². The molecule has 1 aromatic heterocycles. The van der Waals surface area contributed by atoms with Crippen LogP contribution in [0.4, 0.5) is 0 Å². The molecule has 1 N–H and O–H groups in total. The fourth-order valence-corrected chi connectivity index (χ4v) is 2.31. The first-order valence-corrected chi connectivity index (χ1v) is 6.45. The second kappa shape index (κ2) is 5.55. The van der Waals surface area contributed by atoms with Gasteiger partial charge in [0.1, 0.15) is 0 Å². The molecule has 96 valence electrons. The third-order valence-corrected chi connectivity index (χ3v) is 3.39. The van der Waals surface area contributed by atoms with Crippen LogP contribution in [-0.4, -0.2) is 23.4 Å². The summed E-state index contributed by atoms with van der Waals surface area (Å²) < 4.78 is 2.03. The van der Waals surface area contributed by atoms with Crippen molar-refractivity contribution in [1.29, 1.82) is 0 Å². The van der Waals surface area contributed by atoms with Crippen LogP contribution >= 0.6 is 11.6 Å². The minimum Gasteiger partial charge on any atom is -0.318 e. The molecule has 0 fully saturated rings. The Labute approximate surface area is 113 Å². The molecule has 2 rings (SSSR count). The smallest absolute Gasteiger partial charge is 0.0571 e. The highest BCUT2D eigenvalue weighted by Crippen LogP contribution is 2.28. The monoisotopic (exact) mass is 263 g/mol. The summed E-state index contributed by atoms with van der Waals surface area (Å²) in [6, 6.07) is 5.97. The summed E-state index contributed by atoms with van der Waals surface area (Å²) in [6.45, 7) is 5.98. The van der Waals surface area contributed by atoms with Crippen LogP contribution in [0.1, 0.15) is 11.3 Å². The number of aromatic nitrogens is 2. The molecule has 3 nitrogen and oxygen atoms in total. The molecule has 1 aromatic carbocycles. The van der Waals surface area contributed by atoms with Crippen molar-refractivity contribution >= 4 is 11.6 Å². The van der Waals surface area contributed by atoms with E-state index in [1.165, 1.54) is 22.4 Å². The van der Waals surface area contributed by atoms with Crippen LogP contribution in [0.2, 0.25) is 5.02 Å². The lowest BCUT2D eigenvalue weighted by molar-refractivity contribution is 0.572. The maximum Gasteiger partial charge on any atom is 0.0571 e. The summed E-state index contributed by atoms with van der Waals surface area (Å²) in [6.07, 6.45) is 1.93. The van der Waals surface area contributed by atoms with Gasteiger partial charge in [-0.05, 0) is 44.2 Å². The van der Waals surface area contributed by atoms with Gasteiger partial charge in [-0.2, -0.15) is 5.10 Å². The van der Waals surface area contributed by atoms with Crippen molar-refractivity contribution in [1.82, 2.24) is 15.1 Å². The van der Waals surface area contributed by atoms with Crippen LogP contribution < -0.4 is 5.32 Å². The van der Waals surface area contributed by atoms with Crippen LogP contribution in [0.15, 0.2) is 24.4 Å². The minimum absolute atomic E-state index is 0.775. The van der Waals surface area contributed by atoms with Gasteiger partial charge in [0.15, 0.2) is 0 Å². The van der Waals surface area contributed by atoms with Gasteiger partial charge in [-0.15, -0.1) is 0 Å². The molecule has 0 aliphatic carbocycles. The summed E-state index contributed by atoms with van der Waals surface area (Å²) in [5, 5.41) is 8.34. The maximum absolute atomic E-state index is 5.99. The Balaban J connectivity index is 2.36. The largest absolute Gasteiger partial charge is 0.318 e. The molecule has 0 bridgehead atoms. The Kier molecular flexibility index (Phi) is 4.04. The zero-order valence-electron chi connectivity index (χ0n) is 11.0. The van der Waals surface area contributed by atoms with E-state index >= 15 is 0 Å². The zero-order chi connectivity index (χ0) is 13.1. The fraction of sp³-hybridized carbons (Fsp3) is 0.357. The van der Waals surface area contributed by atoms with Gasteiger partial charge < -0.3 is 5.32 Å². The first-order valence-electron chi connectivity index (χ1n) is 6.07. The average Bonchev–Trinajstić information content (AvgIpc) is 2.68. The Bertz CT molecular complexity index is 546. The van der Waals surface area contributed by atoms with E-state index in [0.29, 0.717) is 0 Å². The summed E-state index contributed by atoms with van der Waals surface area (Å²) in [7, 11) is 1.95. The van der Waals surface area contributed by atoms with Gasteiger partial charge in [0.05, 0.1) is 12.7 Å². The lowest BCUT2D eigenvalue weighted by Gasteiger charge is -2.07. The van der Waals surface area contributed by atoms with Crippen molar-refractivity contribution in [3.8, 4) is 11.1 Å². The summed E-state index contributed by atoms with van der Waals surface area (Å²) in [4.78, 5) is 0. The number of aryl methyl sites for hydroxylation is 1. The molecular formula is C14H18ClN3. The molecule has 0 aliphatic rings. The van der Waals surface area contributed by atoms with E-state index in [0.717, 1.165) is 18.1 Å². The molecule has 1 heterocycles. The number of likely N-dealkylation sites (N-methyl/N-ethyl adjacent to an activating group) is 1. The second-order valence-corrected chi connectivity index (χ2v) is 4.87. The maximum atomic E-state index is 5.99. The van der Waals surface area contributed by atoms with Crippen molar-refractivity contribution in [3.05, 3.63) is 40.7 Å². The molecule has 0 radical (unpaired) electrons. The van der Waals surface area contributed by atoms with E-state index in [-0.39, 0.29) is 0 Å². The number of nitrogens with one attached hydrogen (secondary N) is 1. The first-order chi connectivity index (χ1) is 8.63. The average molecular weight is 264 g/mol. The molecule has 0 saturated carbocycles. The van der Waals surface area contributed by atoms with E-state index in [9.17, 15) is 0 Å². The Morgan fingerprint density at radius 3 is 2.72 bits per heavy atom. The Hall–Kier alpha value is -1.32. The van der Waals surface area contributed by atoms with Crippen molar-refractivity contribution in [3.63, 3.8) is 0 Å². The first kappa shape index (κ1) is 13.1. The van der Waals surface area contributed by atoms with E-state index in [1.807, 2.05) is 30.1 Å². The lowest BCUT2D eigenvalue weighted by atomic mass is 10.0. The number of hydrogen-bond donors (Lipinski definition) is 1. The van der Waals surface area contributed by atoms with E-state index in [4.69, 9.17) is 11.6 Å². The van der Waals surface area contributed by atoms with Gasteiger partial charge in [0, 0.05) is 22.8 Å². The summed E-state index contributed by atoms with van der Waals surface area (Å²) in [5.74, 6) is 0. The minimum atomic E-state index is 0.775.